The van der Waals surface area contributed by atoms with Gasteiger partial charge in [0.25, 0.3) is 0 Å². The van der Waals surface area contributed by atoms with Gasteiger partial charge in [0.05, 0.1) is 26.2 Å². The zero-order valence-electron chi connectivity index (χ0n) is 11.0. The highest BCUT2D eigenvalue weighted by Crippen LogP contribution is 1.99. The van der Waals surface area contributed by atoms with Crippen molar-refractivity contribution in [2.75, 3.05) is 39.5 Å². The van der Waals surface area contributed by atoms with E-state index in [1.165, 1.54) is 0 Å². The second-order valence-electron chi connectivity index (χ2n) is 4.49. The molecule has 0 unspecified atom stereocenters. The Morgan fingerprint density at radius 2 is 2.00 bits per heavy atom. The number of morpholine rings is 1. The third-order valence-electron chi connectivity index (χ3n) is 3.01. The van der Waals surface area contributed by atoms with Gasteiger partial charge in [0.2, 0.25) is 5.91 Å². The van der Waals surface area contributed by atoms with Gasteiger partial charge in [0.1, 0.15) is 0 Å². The van der Waals surface area contributed by atoms with Crippen LogP contribution in [0.25, 0.3) is 0 Å². The zero-order valence-corrected chi connectivity index (χ0v) is 11.0. The molecule has 1 heterocycles. The summed E-state index contributed by atoms with van der Waals surface area (Å²) in [6.07, 6.45) is 0.346. The minimum atomic E-state index is -0.117. The van der Waals surface area contributed by atoms with Crippen molar-refractivity contribution in [1.82, 2.24) is 10.4 Å². The summed E-state index contributed by atoms with van der Waals surface area (Å²) < 4.78 is 5.26. The number of hydroxylamine groups is 1. The molecule has 1 aromatic rings. The summed E-state index contributed by atoms with van der Waals surface area (Å²) in [6, 6.07) is 9.62. The minimum Gasteiger partial charge on any atom is -0.379 e. The number of carbonyl (C=O) groups excluding carboxylic acids is 1. The van der Waals surface area contributed by atoms with Gasteiger partial charge in [-0.2, -0.15) is 0 Å². The average Bonchev–Trinajstić information content (AvgIpc) is 2.46. The van der Waals surface area contributed by atoms with Crippen LogP contribution >= 0.6 is 0 Å². The van der Waals surface area contributed by atoms with E-state index in [-0.39, 0.29) is 5.91 Å². The standard InChI is InChI=1S/C14H20N2O3/c17-14(12-13-4-2-1-3-5-13)15-19-11-8-16-6-9-18-10-7-16/h1-5H,6-12H2,(H,15,17). The predicted molar refractivity (Wildman–Crippen MR) is 71.5 cm³/mol. The Hall–Kier alpha value is -1.43. The van der Waals surface area contributed by atoms with Gasteiger partial charge < -0.3 is 4.74 Å². The molecule has 0 saturated carbocycles. The largest absolute Gasteiger partial charge is 0.379 e. The van der Waals surface area contributed by atoms with Gasteiger partial charge in [-0.25, -0.2) is 5.48 Å². The maximum atomic E-state index is 11.6. The Bertz CT molecular complexity index is 378. The van der Waals surface area contributed by atoms with Crippen molar-refractivity contribution < 1.29 is 14.4 Å². The van der Waals surface area contributed by atoms with Crippen molar-refractivity contribution in [3.63, 3.8) is 0 Å². The smallest absolute Gasteiger partial charge is 0.247 e. The molecule has 5 nitrogen and oxygen atoms in total. The number of ether oxygens (including phenoxy) is 1. The van der Waals surface area contributed by atoms with E-state index in [0.29, 0.717) is 13.0 Å². The number of nitrogens with zero attached hydrogens (tertiary/aromatic N) is 1. The van der Waals surface area contributed by atoms with Crippen LogP contribution in [0.2, 0.25) is 0 Å². The number of hydrogen-bond acceptors (Lipinski definition) is 4. The highest BCUT2D eigenvalue weighted by atomic mass is 16.7. The first-order chi connectivity index (χ1) is 9.34. The fourth-order valence-electron chi connectivity index (χ4n) is 1.95. The third-order valence-corrected chi connectivity index (χ3v) is 3.01. The Balaban J connectivity index is 1.56. The van der Waals surface area contributed by atoms with E-state index in [1.54, 1.807) is 0 Å². The van der Waals surface area contributed by atoms with Crippen LogP contribution in [0.5, 0.6) is 0 Å². The molecule has 1 amide bonds. The molecule has 0 bridgehead atoms. The molecule has 19 heavy (non-hydrogen) atoms. The van der Waals surface area contributed by atoms with Gasteiger partial charge in [0, 0.05) is 19.6 Å². The van der Waals surface area contributed by atoms with Crippen LogP contribution in [0.15, 0.2) is 30.3 Å². The monoisotopic (exact) mass is 264 g/mol. The van der Waals surface area contributed by atoms with Crippen LogP contribution in [0.4, 0.5) is 0 Å². The lowest BCUT2D eigenvalue weighted by atomic mass is 10.1. The fourth-order valence-corrected chi connectivity index (χ4v) is 1.95. The molecular formula is C14H20N2O3. The Kier molecular flexibility index (Phi) is 5.81. The van der Waals surface area contributed by atoms with Gasteiger partial charge in [-0.3, -0.25) is 14.5 Å². The number of nitrogens with one attached hydrogen (secondary N) is 1. The number of carbonyl (C=O) groups is 1. The van der Waals surface area contributed by atoms with E-state index in [2.05, 4.69) is 10.4 Å². The highest BCUT2D eigenvalue weighted by molar-refractivity contribution is 5.77. The maximum Gasteiger partial charge on any atom is 0.247 e. The zero-order chi connectivity index (χ0) is 13.3. The molecule has 1 N–H and O–H groups in total. The molecule has 1 aliphatic rings. The SMILES string of the molecule is O=C(Cc1ccccc1)NOCCN1CCOCC1. The van der Waals surface area contributed by atoms with Gasteiger partial charge >= 0.3 is 0 Å². The molecule has 0 aliphatic carbocycles. The molecule has 0 radical (unpaired) electrons. The topological polar surface area (TPSA) is 50.8 Å². The van der Waals surface area contributed by atoms with E-state index in [4.69, 9.17) is 9.57 Å². The third kappa shape index (κ3) is 5.38. The molecule has 0 aromatic heterocycles. The molecule has 5 heteroatoms. The summed E-state index contributed by atoms with van der Waals surface area (Å²) in [5.74, 6) is -0.117. The van der Waals surface area contributed by atoms with Crippen LogP contribution < -0.4 is 5.48 Å². The van der Waals surface area contributed by atoms with Crippen molar-refractivity contribution in [3.8, 4) is 0 Å². The van der Waals surface area contributed by atoms with Crippen molar-refractivity contribution in [2.24, 2.45) is 0 Å². The fraction of sp³-hybridized carbons (Fsp3) is 0.500. The van der Waals surface area contributed by atoms with Crippen LogP contribution in [0, 0.1) is 0 Å². The van der Waals surface area contributed by atoms with Crippen molar-refractivity contribution in [3.05, 3.63) is 35.9 Å². The molecule has 1 aliphatic heterocycles. The second-order valence-corrected chi connectivity index (χ2v) is 4.49. The van der Waals surface area contributed by atoms with Crippen molar-refractivity contribution in [1.29, 1.82) is 0 Å². The van der Waals surface area contributed by atoms with E-state index >= 15 is 0 Å². The van der Waals surface area contributed by atoms with E-state index in [9.17, 15) is 4.79 Å². The van der Waals surface area contributed by atoms with Crippen molar-refractivity contribution in [2.45, 2.75) is 6.42 Å². The Morgan fingerprint density at radius 1 is 1.26 bits per heavy atom. The van der Waals surface area contributed by atoms with E-state index < -0.39 is 0 Å². The summed E-state index contributed by atoms with van der Waals surface area (Å²) in [4.78, 5) is 19.0. The summed E-state index contributed by atoms with van der Waals surface area (Å²) in [7, 11) is 0. The number of benzene rings is 1. The summed E-state index contributed by atoms with van der Waals surface area (Å²) in [6.45, 7) is 4.74. The van der Waals surface area contributed by atoms with E-state index in [1.807, 2.05) is 30.3 Å². The van der Waals surface area contributed by atoms with Crippen LogP contribution in [-0.2, 0) is 20.8 Å². The highest BCUT2D eigenvalue weighted by Gasteiger charge is 2.09. The van der Waals surface area contributed by atoms with Crippen LogP contribution in [0.3, 0.4) is 0 Å². The van der Waals surface area contributed by atoms with Crippen LogP contribution in [0.1, 0.15) is 5.56 Å². The Labute approximate surface area is 113 Å². The normalized spacial score (nSPS) is 16.2. The first-order valence-corrected chi connectivity index (χ1v) is 6.59. The molecule has 1 aromatic carbocycles. The quantitative estimate of drug-likeness (QED) is 0.604. The maximum absolute atomic E-state index is 11.6. The van der Waals surface area contributed by atoms with E-state index in [0.717, 1.165) is 38.4 Å². The lowest BCUT2D eigenvalue weighted by Gasteiger charge is -2.26. The molecule has 0 atom stereocenters. The first-order valence-electron chi connectivity index (χ1n) is 6.59. The minimum absolute atomic E-state index is 0.117. The number of rotatable bonds is 6. The van der Waals surface area contributed by atoms with Gasteiger partial charge in [0.15, 0.2) is 0 Å². The Morgan fingerprint density at radius 3 is 2.74 bits per heavy atom. The predicted octanol–water partition coefficient (Wildman–Crippen LogP) is 0.609. The van der Waals surface area contributed by atoms with Gasteiger partial charge in [-0.1, -0.05) is 30.3 Å². The summed E-state index contributed by atoms with van der Waals surface area (Å²) in [5, 5.41) is 0. The molecule has 0 spiro atoms. The lowest BCUT2D eigenvalue weighted by Crippen LogP contribution is -2.39. The first kappa shape index (κ1) is 14.0. The molecule has 2 rings (SSSR count). The second kappa shape index (κ2) is 7.89. The molecule has 104 valence electrons. The number of hydrogen-bond donors (Lipinski definition) is 1. The van der Waals surface area contributed by atoms with Crippen molar-refractivity contribution >= 4 is 5.91 Å². The number of amides is 1. The van der Waals surface area contributed by atoms with Crippen LogP contribution in [-0.4, -0.2) is 50.3 Å². The average molecular weight is 264 g/mol. The lowest BCUT2D eigenvalue weighted by molar-refractivity contribution is -0.133. The molecule has 1 fully saturated rings. The molecule has 1 saturated heterocycles. The summed E-state index contributed by atoms with van der Waals surface area (Å²) in [5.41, 5.74) is 3.46. The summed E-state index contributed by atoms with van der Waals surface area (Å²) >= 11 is 0. The molecular weight excluding hydrogens is 244 g/mol. The van der Waals surface area contributed by atoms with Gasteiger partial charge in [-0.05, 0) is 5.56 Å². The van der Waals surface area contributed by atoms with Gasteiger partial charge in [-0.15, -0.1) is 0 Å².